The molecule has 0 aliphatic heterocycles. The fourth-order valence-electron chi connectivity index (χ4n) is 3.27. The van der Waals surface area contributed by atoms with Crippen LogP contribution in [0.5, 0.6) is 0 Å². The molecular formula is C19H33IN4OS. The molecule has 26 heavy (non-hydrogen) atoms. The van der Waals surface area contributed by atoms with Crippen LogP contribution in [0.4, 0.5) is 0 Å². The topological polar surface area (TPSA) is 65.5 Å². The van der Waals surface area contributed by atoms with Gasteiger partial charge < -0.3 is 16.0 Å². The molecule has 1 saturated carbocycles. The van der Waals surface area contributed by atoms with E-state index in [9.17, 15) is 4.79 Å². The summed E-state index contributed by atoms with van der Waals surface area (Å²) < 4.78 is 0. The van der Waals surface area contributed by atoms with E-state index in [1.54, 1.807) is 7.05 Å². The largest absolute Gasteiger partial charge is 0.356 e. The summed E-state index contributed by atoms with van der Waals surface area (Å²) in [4.78, 5) is 17.6. The third-order valence-corrected chi connectivity index (χ3v) is 5.56. The van der Waals surface area contributed by atoms with Crippen LogP contribution in [-0.2, 0) is 11.2 Å². The van der Waals surface area contributed by atoms with Crippen LogP contribution in [0.15, 0.2) is 22.5 Å². The van der Waals surface area contributed by atoms with Crippen molar-refractivity contribution in [3.63, 3.8) is 0 Å². The number of halogens is 1. The Morgan fingerprint density at radius 3 is 2.65 bits per heavy atom. The highest BCUT2D eigenvalue weighted by Crippen LogP contribution is 2.27. The van der Waals surface area contributed by atoms with Crippen LogP contribution in [0.2, 0.25) is 0 Å². The van der Waals surface area contributed by atoms with Gasteiger partial charge in [0, 0.05) is 38.0 Å². The quantitative estimate of drug-likeness (QED) is 0.214. The zero-order valence-corrected chi connectivity index (χ0v) is 19.1. The molecule has 1 atom stereocenters. The summed E-state index contributed by atoms with van der Waals surface area (Å²) in [6.07, 6.45) is 6.77. The van der Waals surface area contributed by atoms with Crippen molar-refractivity contribution < 1.29 is 4.79 Å². The van der Waals surface area contributed by atoms with Crippen LogP contribution in [0.25, 0.3) is 0 Å². The Labute approximate surface area is 178 Å². The molecule has 1 aliphatic carbocycles. The van der Waals surface area contributed by atoms with Gasteiger partial charge in [0.2, 0.25) is 5.91 Å². The first-order valence-corrected chi connectivity index (χ1v) is 10.3. The number of nitrogens with zero attached hydrogens (tertiary/aromatic N) is 1. The molecule has 7 heteroatoms. The van der Waals surface area contributed by atoms with Gasteiger partial charge in [0.25, 0.3) is 0 Å². The van der Waals surface area contributed by atoms with E-state index in [-0.39, 0.29) is 29.9 Å². The highest BCUT2D eigenvalue weighted by Gasteiger charge is 2.17. The van der Waals surface area contributed by atoms with Gasteiger partial charge in [-0.25, -0.2) is 0 Å². The zero-order valence-electron chi connectivity index (χ0n) is 15.9. The molecule has 0 saturated heterocycles. The second-order valence-corrected chi connectivity index (χ2v) is 8.01. The number of thiophene rings is 1. The lowest BCUT2D eigenvalue weighted by molar-refractivity contribution is -0.121. The second-order valence-electron chi connectivity index (χ2n) is 6.97. The van der Waals surface area contributed by atoms with Crippen molar-refractivity contribution in [2.45, 2.75) is 45.4 Å². The number of hydrogen-bond donors (Lipinski definition) is 3. The standard InChI is InChI=1S/C19H32N4OS.HI/c1-15(12-17-8-5-11-25-17)14-23-19(20-2)22-10-9-21-18(24)13-16-6-3-4-7-16;/h5,8,11,15-16H,3-4,6-7,9-10,12-14H2,1-2H3,(H,21,24)(H2,20,22,23);1H. The lowest BCUT2D eigenvalue weighted by Crippen LogP contribution is -2.43. The van der Waals surface area contributed by atoms with Gasteiger partial charge in [0.1, 0.15) is 0 Å². The van der Waals surface area contributed by atoms with Gasteiger partial charge in [0.05, 0.1) is 0 Å². The van der Waals surface area contributed by atoms with E-state index >= 15 is 0 Å². The number of rotatable bonds is 9. The normalized spacial score (nSPS) is 16.0. The Kier molecular flexibility index (Phi) is 11.9. The van der Waals surface area contributed by atoms with Crippen LogP contribution in [0.1, 0.15) is 43.9 Å². The Balaban J connectivity index is 0.00000338. The molecule has 1 amide bonds. The molecule has 5 nitrogen and oxygen atoms in total. The summed E-state index contributed by atoms with van der Waals surface area (Å²) in [5.41, 5.74) is 0. The van der Waals surface area contributed by atoms with Crippen molar-refractivity contribution in [3.05, 3.63) is 22.4 Å². The van der Waals surface area contributed by atoms with Crippen molar-refractivity contribution >= 4 is 47.2 Å². The maximum Gasteiger partial charge on any atom is 0.220 e. The Hall–Kier alpha value is -0.830. The van der Waals surface area contributed by atoms with Gasteiger partial charge in [-0.2, -0.15) is 0 Å². The SMILES string of the molecule is CN=C(NCCNC(=O)CC1CCCC1)NCC(C)Cc1cccs1.I. The molecular weight excluding hydrogens is 459 g/mol. The van der Waals surface area contributed by atoms with E-state index in [1.807, 2.05) is 11.3 Å². The van der Waals surface area contributed by atoms with E-state index in [2.05, 4.69) is 45.4 Å². The molecule has 1 aromatic heterocycles. The maximum absolute atomic E-state index is 11.9. The van der Waals surface area contributed by atoms with Crippen LogP contribution >= 0.6 is 35.3 Å². The van der Waals surface area contributed by atoms with Gasteiger partial charge in [-0.15, -0.1) is 35.3 Å². The van der Waals surface area contributed by atoms with E-state index in [4.69, 9.17) is 0 Å². The number of guanidine groups is 1. The number of amides is 1. The molecule has 0 spiro atoms. The van der Waals surface area contributed by atoms with Crippen molar-refractivity contribution in [1.29, 1.82) is 0 Å². The first-order valence-electron chi connectivity index (χ1n) is 9.41. The summed E-state index contributed by atoms with van der Waals surface area (Å²) >= 11 is 1.81. The molecule has 0 bridgehead atoms. The zero-order chi connectivity index (χ0) is 17.9. The van der Waals surface area contributed by atoms with Crippen LogP contribution in [-0.4, -0.2) is 38.5 Å². The van der Waals surface area contributed by atoms with Gasteiger partial charge in [-0.05, 0) is 42.5 Å². The van der Waals surface area contributed by atoms with Gasteiger partial charge >= 0.3 is 0 Å². The van der Waals surface area contributed by atoms with Gasteiger partial charge in [0.15, 0.2) is 5.96 Å². The Bertz CT molecular complexity index is 530. The number of carbonyl (C=O) groups excluding carboxylic acids is 1. The van der Waals surface area contributed by atoms with Crippen molar-refractivity contribution in [2.24, 2.45) is 16.8 Å². The molecule has 148 valence electrons. The van der Waals surface area contributed by atoms with Crippen LogP contribution in [0.3, 0.4) is 0 Å². The molecule has 0 radical (unpaired) electrons. The number of aliphatic imine (C=N–C) groups is 1. The smallest absolute Gasteiger partial charge is 0.220 e. The summed E-state index contributed by atoms with van der Waals surface area (Å²) in [5.74, 6) is 2.12. The maximum atomic E-state index is 11.9. The molecule has 1 fully saturated rings. The highest BCUT2D eigenvalue weighted by molar-refractivity contribution is 14.0. The predicted octanol–water partition coefficient (Wildman–Crippen LogP) is 3.41. The van der Waals surface area contributed by atoms with E-state index in [1.165, 1.54) is 30.6 Å². The van der Waals surface area contributed by atoms with E-state index in [0.29, 0.717) is 31.3 Å². The Morgan fingerprint density at radius 2 is 2.00 bits per heavy atom. The van der Waals surface area contributed by atoms with Crippen molar-refractivity contribution in [3.8, 4) is 0 Å². The summed E-state index contributed by atoms with van der Waals surface area (Å²) in [6, 6.07) is 4.28. The van der Waals surface area contributed by atoms with E-state index in [0.717, 1.165) is 18.9 Å². The molecule has 1 aromatic rings. The third-order valence-electron chi connectivity index (χ3n) is 4.66. The number of hydrogen-bond acceptors (Lipinski definition) is 3. The summed E-state index contributed by atoms with van der Waals surface area (Å²) in [6.45, 7) is 4.45. The number of carbonyl (C=O) groups is 1. The van der Waals surface area contributed by atoms with E-state index < -0.39 is 0 Å². The monoisotopic (exact) mass is 492 g/mol. The molecule has 0 aromatic carbocycles. The lowest BCUT2D eigenvalue weighted by Gasteiger charge is -2.16. The first-order chi connectivity index (χ1) is 12.2. The minimum Gasteiger partial charge on any atom is -0.356 e. The molecule has 1 heterocycles. The molecule has 1 aliphatic rings. The first kappa shape index (κ1) is 23.2. The average molecular weight is 492 g/mol. The van der Waals surface area contributed by atoms with Crippen molar-refractivity contribution in [1.82, 2.24) is 16.0 Å². The highest BCUT2D eigenvalue weighted by atomic mass is 127. The van der Waals surface area contributed by atoms with Gasteiger partial charge in [-0.3, -0.25) is 9.79 Å². The lowest BCUT2D eigenvalue weighted by atomic mass is 10.0. The second kappa shape index (κ2) is 13.4. The third kappa shape index (κ3) is 9.21. The fraction of sp³-hybridized carbons (Fsp3) is 0.684. The predicted molar refractivity (Wildman–Crippen MR) is 122 cm³/mol. The minimum absolute atomic E-state index is 0. The number of nitrogens with one attached hydrogen (secondary N) is 3. The molecule has 3 N–H and O–H groups in total. The molecule has 2 rings (SSSR count). The minimum atomic E-state index is 0. The fourth-order valence-corrected chi connectivity index (χ4v) is 4.14. The molecule has 1 unspecified atom stereocenters. The van der Waals surface area contributed by atoms with Crippen LogP contribution < -0.4 is 16.0 Å². The summed E-state index contributed by atoms with van der Waals surface area (Å²) in [5, 5.41) is 11.7. The van der Waals surface area contributed by atoms with Crippen molar-refractivity contribution in [2.75, 3.05) is 26.7 Å². The van der Waals surface area contributed by atoms with Crippen LogP contribution in [0, 0.1) is 11.8 Å². The average Bonchev–Trinajstić information content (AvgIpc) is 3.28. The Morgan fingerprint density at radius 1 is 1.27 bits per heavy atom. The summed E-state index contributed by atoms with van der Waals surface area (Å²) in [7, 11) is 1.78. The van der Waals surface area contributed by atoms with Gasteiger partial charge in [-0.1, -0.05) is 25.8 Å².